The molecule has 0 aliphatic carbocycles. The second kappa shape index (κ2) is 6.52. The number of benzene rings is 1. The van der Waals surface area contributed by atoms with E-state index in [2.05, 4.69) is 5.32 Å². The van der Waals surface area contributed by atoms with Gasteiger partial charge in [0.05, 0.1) is 6.54 Å². The maximum Gasteiger partial charge on any atom is 0.237 e. The molecule has 0 aromatic heterocycles. The molecule has 0 saturated carbocycles. The van der Waals surface area contributed by atoms with Gasteiger partial charge in [-0.1, -0.05) is 37.3 Å². The van der Waals surface area contributed by atoms with Gasteiger partial charge in [-0.25, -0.2) is 0 Å². The molecular formula is C15H21N3O2. The largest absolute Gasteiger partial charge is 0.368 e. The minimum absolute atomic E-state index is 0.000784. The highest BCUT2D eigenvalue weighted by atomic mass is 16.2. The zero-order valence-corrected chi connectivity index (χ0v) is 11.7. The van der Waals surface area contributed by atoms with Crippen LogP contribution in [0.15, 0.2) is 30.3 Å². The summed E-state index contributed by atoms with van der Waals surface area (Å²) in [6.45, 7) is 4.05. The molecule has 0 radical (unpaired) electrons. The summed E-state index contributed by atoms with van der Waals surface area (Å²) < 4.78 is 0. The topological polar surface area (TPSA) is 75.4 Å². The molecule has 0 spiro atoms. The zero-order valence-electron chi connectivity index (χ0n) is 11.7. The van der Waals surface area contributed by atoms with E-state index in [4.69, 9.17) is 5.73 Å². The van der Waals surface area contributed by atoms with Crippen molar-refractivity contribution >= 4 is 11.8 Å². The molecule has 1 heterocycles. The van der Waals surface area contributed by atoms with E-state index in [9.17, 15) is 9.59 Å². The van der Waals surface area contributed by atoms with Crippen LogP contribution >= 0.6 is 0 Å². The van der Waals surface area contributed by atoms with Crippen molar-refractivity contribution in [3.05, 3.63) is 35.9 Å². The number of carbonyl (C=O) groups is 2. The number of nitrogens with one attached hydrogen (secondary N) is 1. The minimum atomic E-state index is -0.479. The van der Waals surface area contributed by atoms with E-state index in [1.165, 1.54) is 0 Å². The number of nitrogens with two attached hydrogens (primary N) is 1. The standard InChI is InChI=1S/C15H21N3O2/c1-11(13-7-17-8-13)15(20)18(10-14(16)19)9-12-5-3-2-4-6-12/h2-6,11,13,17H,7-10H2,1H3,(H2,16,19). The smallest absolute Gasteiger partial charge is 0.237 e. The fraction of sp³-hybridized carbons (Fsp3) is 0.467. The molecule has 20 heavy (non-hydrogen) atoms. The fourth-order valence-corrected chi connectivity index (χ4v) is 2.36. The summed E-state index contributed by atoms with van der Waals surface area (Å²) in [4.78, 5) is 25.3. The molecule has 1 fully saturated rings. The summed E-state index contributed by atoms with van der Waals surface area (Å²) in [6.07, 6.45) is 0. The van der Waals surface area contributed by atoms with E-state index in [0.717, 1.165) is 18.7 Å². The fourth-order valence-electron chi connectivity index (χ4n) is 2.36. The lowest BCUT2D eigenvalue weighted by atomic mass is 9.88. The van der Waals surface area contributed by atoms with Crippen molar-refractivity contribution < 1.29 is 9.59 Å². The molecule has 2 amide bonds. The van der Waals surface area contributed by atoms with Gasteiger partial charge in [0.1, 0.15) is 0 Å². The minimum Gasteiger partial charge on any atom is -0.368 e. The third kappa shape index (κ3) is 3.57. The van der Waals surface area contributed by atoms with E-state index >= 15 is 0 Å². The number of nitrogens with zero attached hydrogens (tertiary/aromatic N) is 1. The lowest BCUT2D eigenvalue weighted by molar-refractivity contribution is -0.141. The van der Waals surface area contributed by atoms with Crippen LogP contribution in [-0.4, -0.2) is 36.3 Å². The van der Waals surface area contributed by atoms with Crippen LogP contribution in [0.2, 0.25) is 0 Å². The van der Waals surface area contributed by atoms with E-state index in [0.29, 0.717) is 12.5 Å². The third-order valence-electron chi connectivity index (χ3n) is 3.78. The molecular weight excluding hydrogens is 254 g/mol. The number of carbonyl (C=O) groups excluding carboxylic acids is 2. The summed E-state index contributed by atoms with van der Waals surface area (Å²) in [6, 6.07) is 9.64. The van der Waals surface area contributed by atoms with Gasteiger partial charge in [-0.15, -0.1) is 0 Å². The summed E-state index contributed by atoms with van der Waals surface area (Å²) >= 11 is 0. The van der Waals surface area contributed by atoms with Gasteiger partial charge in [0.2, 0.25) is 11.8 Å². The monoisotopic (exact) mass is 275 g/mol. The molecule has 2 rings (SSSR count). The molecule has 1 atom stereocenters. The molecule has 108 valence electrons. The molecule has 3 N–H and O–H groups in total. The Morgan fingerprint density at radius 1 is 1.35 bits per heavy atom. The van der Waals surface area contributed by atoms with Crippen molar-refractivity contribution in [1.82, 2.24) is 10.2 Å². The lowest BCUT2D eigenvalue weighted by Crippen LogP contribution is -2.51. The molecule has 5 nitrogen and oxygen atoms in total. The van der Waals surface area contributed by atoms with Crippen LogP contribution in [0.1, 0.15) is 12.5 Å². The maximum absolute atomic E-state index is 12.5. The quantitative estimate of drug-likeness (QED) is 0.787. The molecule has 5 heteroatoms. The normalized spacial score (nSPS) is 16.2. The Balaban J connectivity index is 2.05. The number of primary amides is 1. The molecule has 1 aromatic carbocycles. The number of rotatable bonds is 6. The first kappa shape index (κ1) is 14.5. The van der Waals surface area contributed by atoms with Crippen molar-refractivity contribution in [2.24, 2.45) is 17.6 Å². The first-order valence-electron chi connectivity index (χ1n) is 6.89. The van der Waals surface area contributed by atoms with Gasteiger partial charge in [0.25, 0.3) is 0 Å². The molecule has 1 aliphatic heterocycles. The van der Waals surface area contributed by atoms with Gasteiger partial charge in [-0.3, -0.25) is 9.59 Å². The first-order chi connectivity index (χ1) is 9.58. The average molecular weight is 275 g/mol. The average Bonchev–Trinajstić information content (AvgIpc) is 2.35. The molecule has 0 bridgehead atoms. The van der Waals surface area contributed by atoms with Crippen molar-refractivity contribution in [2.75, 3.05) is 19.6 Å². The predicted molar refractivity (Wildman–Crippen MR) is 76.6 cm³/mol. The van der Waals surface area contributed by atoms with Crippen LogP contribution in [0.3, 0.4) is 0 Å². The Labute approximate surface area is 119 Å². The maximum atomic E-state index is 12.5. The van der Waals surface area contributed by atoms with Crippen molar-refractivity contribution in [3.63, 3.8) is 0 Å². The summed E-state index contributed by atoms with van der Waals surface area (Å²) in [7, 11) is 0. The Morgan fingerprint density at radius 3 is 2.50 bits per heavy atom. The second-order valence-corrected chi connectivity index (χ2v) is 5.35. The molecule has 1 aromatic rings. The van der Waals surface area contributed by atoms with Gasteiger partial charge in [-0.05, 0) is 24.6 Å². The number of hydrogen-bond donors (Lipinski definition) is 2. The van der Waals surface area contributed by atoms with Gasteiger partial charge < -0.3 is 16.0 Å². The van der Waals surface area contributed by atoms with Crippen LogP contribution < -0.4 is 11.1 Å². The van der Waals surface area contributed by atoms with E-state index in [1.807, 2.05) is 37.3 Å². The van der Waals surface area contributed by atoms with Crippen LogP contribution in [0.5, 0.6) is 0 Å². The van der Waals surface area contributed by atoms with Gasteiger partial charge in [0, 0.05) is 12.5 Å². The highest BCUT2D eigenvalue weighted by Gasteiger charge is 2.32. The first-order valence-corrected chi connectivity index (χ1v) is 6.89. The molecule has 1 aliphatic rings. The SMILES string of the molecule is CC(C(=O)N(CC(N)=O)Cc1ccccc1)C1CNC1. The van der Waals surface area contributed by atoms with E-state index in [1.54, 1.807) is 4.90 Å². The van der Waals surface area contributed by atoms with Crippen LogP contribution in [0.25, 0.3) is 0 Å². The van der Waals surface area contributed by atoms with Gasteiger partial charge in [-0.2, -0.15) is 0 Å². The third-order valence-corrected chi connectivity index (χ3v) is 3.78. The highest BCUT2D eigenvalue weighted by Crippen LogP contribution is 2.19. The Morgan fingerprint density at radius 2 is 2.00 bits per heavy atom. The van der Waals surface area contributed by atoms with Crippen molar-refractivity contribution in [3.8, 4) is 0 Å². The molecule has 1 saturated heterocycles. The summed E-state index contributed by atoms with van der Waals surface area (Å²) in [5, 5.41) is 3.16. The Kier molecular flexibility index (Phi) is 4.74. The van der Waals surface area contributed by atoms with Crippen LogP contribution in [0.4, 0.5) is 0 Å². The predicted octanol–water partition coefficient (Wildman–Crippen LogP) is 0.356. The zero-order chi connectivity index (χ0) is 14.5. The van der Waals surface area contributed by atoms with Gasteiger partial charge in [0.15, 0.2) is 0 Å². The second-order valence-electron chi connectivity index (χ2n) is 5.35. The van der Waals surface area contributed by atoms with Crippen molar-refractivity contribution in [1.29, 1.82) is 0 Å². The summed E-state index contributed by atoms with van der Waals surface area (Å²) in [5.41, 5.74) is 6.26. The number of hydrogen-bond acceptors (Lipinski definition) is 3. The van der Waals surface area contributed by atoms with Crippen molar-refractivity contribution in [2.45, 2.75) is 13.5 Å². The van der Waals surface area contributed by atoms with Gasteiger partial charge >= 0.3 is 0 Å². The van der Waals surface area contributed by atoms with E-state index in [-0.39, 0.29) is 18.4 Å². The van der Waals surface area contributed by atoms with Crippen LogP contribution in [0, 0.1) is 11.8 Å². The Bertz CT molecular complexity index is 471. The lowest BCUT2D eigenvalue weighted by Gasteiger charge is -2.34. The highest BCUT2D eigenvalue weighted by molar-refractivity contribution is 5.85. The summed E-state index contributed by atoms with van der Waals surface area (Å²) in [5.74, 6) is -0.208. The number of amides is 2. The van der Waals surface area contributed by atoms with E-state index < -0.39 is 5.91 Å². The van der Waals surface area contributed by atoms with Crippen LogP contribution in [-0.2, 0) is 16.1 Å². The Hall–Kier alpha value is -1.88. The molecule has 1 unspecified atom stereocenters.